The van der Waals surface area contributed by atoms with Gasteiger partial charge in [0, 0.05) is 34.4 Å². The highest BCUT2D eigenvalue weighted by atomic mass is 32.1. The van der Waals surface area contributed by atoms with Gasteiger partial charge in [0.2, 0.25) is 4.96 Å². The molecule has 2 bridgehead atoms. The van der Waals surface area contributed by atoms with E-state index in [1.54, 1.807) is 18.7 Å². The lowest BCUT2D eigenvalue weighted by Crippen LogP contribution is -2.62. The third-order valence-corrected chi connectivity index (χ3v) is 12.5. The topological polar surface area (TPSA) is 124 Å². The molecule has 3 aliphatic carbocycles. The number of allylic oxidation sites excluding steroid dienone is 1. The number of furan rings is 1. The summed E-state index contributed by atoms with van der Waals surface area (Å²) in [7, 11) is 5.40. The average Bonchev–Trinajstić information content (AvgIpc) is 3.90. The largest absolute Gasteiger partial charge is 0.497 e. The number of nitrogens with zero attached hydrogens (tertiary/aromatic N) is 4. The van der Waals surface area contributed by atoms with Gasteiger partial charge in [0.25, 0.3) is 5.19 Å². The molecule has 3 aromatic heterocycles. The lowest BCUT2D eigenvalue weighted by molar-refractivity contribution is -0.144. The number of fused-ring (bicyclic) bond motifs is 2. The van der Waals surface area contributed by atoms with Gasteiger partial charge in [0.15, 0.2) is 5.76 Å². The molecule has 11 nitrogen and oxygen atoms in total. The summed E-state index contributed by atoms with van der Waals surface area (Å²) in [5.74, 6) is 2.09. The van der Waals surface area contributed by atoms with Gasteiger partial charge < -0.3 is 38.5 Å². The Hall–Kier alpha value is -4.46. The molecule has 2 unspecified atom stereocenters. The lowest BCUT2D eigenvalue weighted by Gasteiger charge is -2.58. The van der Waals surface area contributed by atoms with Gasteiger partial charge in [-0.1, -0.05) is 36.4 Å². The maximum absolute atomic E-state index is 11.9. The Bertz CT molecular complexity index is 2250. The minimum Gasteiger partial charge on any atom is -0.497 e. The van der Waals surface area contributed by atoms with Crippen molar-refractivity contribution in [3.8, 4) is 28.1 Å². The third-order valence-electron chi connectivity index (χ3n) is 11.6. The van der Waals surface area contributed by atoms with Gasteiger partial charge in [0.05, 0.1) is 32.6 Å². The quantitative estimate of drug-likeness (QED) is 0.218. The predicted octanol–water partition coefficient (Wildman–Crippen LogP) is 5.26. The van der Waals surface area contributed by atoms with Crippen molar-refractivity contribution in [2.24, 2.45) is 11.3 Å². The standard InChI is InChI=1S/C38H36N4O7S/c1-41-12-11-37-26-8-9-29(43)34(37)49-38(32(44)10-7-20(33(37)38)14-28(26)41)22-5-4-6-23(15-22)47-19-21-13-24(45-2)16-30-25(21)17-31(48-30)27-18-42-35(39-27)50-36(40-42)46-3/h4-10,13,15-18,26,28-29,32,34,43-44H,11-12,14,19H2,1-3H3/t26-,28+,29-,32?,34-,37-,38?/m0/s1. The SMILES string of the molecule is COc1cc(COc2cccc(C34O[C@H]5[C@@H](O)C=C[C@H]6[C@H]7CC(=C3[C@]65CCN7C)C=CC4O)c2)c2cc(-c3cn4nc(OC)sc4n3)oc2c1. The molecule has 5 heterocycles. The van der Waals surface area contributed by atoms with Crippen molar-refractivity contribution in [3.63, 3.8) is 0 Å². The highest BCUT2D eigenvalue weighted by Gasteiger charge is 2.71. The summed E-state index contributed by atoms with van der Waals surface area (Å²) >= 11 is 1.35. The zero-order valence-electron chi connectivity index (χ0n) is 27.8. The summed E-state index contributed by atoms with van der Waals surface area (Å²) in [4.78, 5) is 7.83. The van der Waals surface area contributed by atoms with Crippen LogP contribution in [0.2, 0.25) is 0 Å². The monoisotopic (exact) mass is 692 g/mol. The number of hydrogen-bond acceptors (Lipinski definition) is 11. The molecule has 0 saturated carbocycles. The van der Waals surface area contributed by atoms with Gasteiger partial charge in [-0.3, -0.25) is 0 Å². The lowest BCUT2D eigenvalue weighted by atomic mass is 9.50. The van der Waals surface area contributed by atoms with E-state index < -0.39 is 23.9 Å². The Kier molecular flexibility index (Phi) is 6.54. The molecule has 7 atom stereocenters. The Morgan fingerprint density at radius 1 is 1.06 bits per heavy atom. The Morgan fingerprint density at radius 2 is 1.96 bits per heavy atom. The van der Waals surface area contributed by atoms with Crippen LogP contribution in [0.5, 0.6) is 16.7 Å². The number of likely N-dealkylation sites (tertiary alicyclic amines) is 1. The summed E-state index contributed by atoms with van der Waals surface area (Å²) in [5, 5.41) is 29.1. The van der Waals surface area contributed by atoms with E-state index in [0.29, 0.717) is 44.7 Å². The Labute approximate surface area is 291 Å². The van der Waals surface area contributed by atoms with E-state index in [0.717, 1.165) is 41.5 Å². The molecule has 1 spiro atoms. The number of ether oxygens (including phenoxy) is 4. The molecule has 0 amide bonds. The summed E-state index contributed by atoms with van der Waals surface area (Å²) in [6.45, 7) is 1.15. The third kappa shape index (κ3) is 4.05. The first-order valence-electron chi connectivity index (χ1n) is 16.9. The molecule has 0 radical (unpaired) electrons. The number of methoxy groups -OCH3 is 2. The molecule has 10 rings (SSSR count). The number of imidazole rings is 1. The Morgan fingerprint density at radius 3 is 2.80 bits per heavy atom. The number of piperidine rings is 1. The van der Waals surface area contributed by atoms with Crippen LogP contribution in [-0.4, -0.2) is 81.9 Å². The second-order valence-corrected chi connectivity index (χ2v) is 14.9. The first-order valence-corrected chi connectivity index (χ1v) is 17.7. The van der Waals surface area contributed by atoms with Crippen LogP contribution in [0.25, 0.3) is 27.4 Å². The van der Waals surface area contributed by atoms with Crippen molar-refractivity contribution >= 4 is 27.3 Å². The second-order valence-electron chi connectivity index (χ2n) is 14.0. The molecule has 2 saturated heterocycles. The number of rotatable bonds is 7. The summed E-state index contributed by atoms with van der Waals surface area (Å²) in [6.07, 6.45) is 9.46. The summed E-state index contributed by atoms with van der Waals surface area (Å²) in [5.41, 5.74) is 3.84. The van der Waals surface area contributed by atoms with Crippen molar-refractivity contribution in [2.75, 3.05) is 27.8 Å². The number of benzene rings is 2. The van der Waals surface area contributed by atoms with E-state index in [1.807, 2.05) is 60.8 Å². The summed E-state index contributed by atoms with van der Waals surface area (Å²) in [6, 6.07) is 13.9. The number of aliphatic hydroxyl groups excluding tert-OH is 2. The van der Waals surface area contributed by atoms with E-state index in [1.165, 1.54) is 16.9 Å². The molecule has 2 N–H and O–H groups in total. The summed E-state index contributed by atoms with van der Waals surface area (Å²) < 4.78 is 32.4. The molecule has 2 aromatic carbocycles. The van der Waals surface area contributed by atoms with Crippen molar-refractivity contribution in [1.82, 2.24) is 19.5 Å². The van der Waals surface area contributed by atoms with Crippen LogP contribution in [0.3, 0.4) is 0 Å². The maximum Gasteiger partial charge on any atom is 0.294 e. The molecule has 12 heteroatoms. The van der Waals surface area contributed by atoms with Crippen molar-refractivity contribution < 1.29 is 33.6 Å². The van der Waals surface area contributed by atoms with Crippen LogP contribution in [0, 0.1) is 11.3 Å². The fourth-order valence-corrected chi connectivity index (χ4v) is 10.1. The van der Waals surface area contributed by atoms with Crippen LogP contribution < -0.4 is 14.2 Å². The molecule has 5 aromatic rings. The van der Waals surface area contributed by atoms with Crippen LogP contribution in [-0.2, 0) is 16.9 Å². The van der Waals surface area contributed by atoms with Crippen molar-refractivity contribution in [1.29, 1.82) is 0 Å². The molecule has 2 aliphatic heterocycles. The van der Waals surface area contributed by atoms with Gasteiger partial charge in [0.1, 0.15) is 41.1 Å². The van der Waals surface area contributed by atoms with Crippen LogP contribution in [0.1, 0.15) is 24.0 Å². The highest BCUT2D eigenvalue weighted by Crippen LogP contribution is 2.69. The number of hydrogen-bond donors (Lipinski definition) is 2. The van der Waals surface area contributed by atoms with Crippen LogP contribution in [0.15, 0.2) is 88.5 Å². The zero-order valence-corrected chi connectivity index (χ0v) is 28.6. The minimum absolute atomic E-state index is 0.196. The second kappa shape index (κ2) is 10.8. The van der Waals surface area contributed by atoms with Crippen LogP contribution >= 0.6 is 11.3 Å². The van der Waals surface area contributed by atoms with Gasteiger partial charge in [-0.2, -0.15) is 0 Å². The van der Waals surface area contributed by atoms with Crippen LogP contribution in [0.4, 0.5) is 0 Å². The maximum atomic E-state index is 11.9. The number of aromatic nitrogens is 3. The van der Waals surface area contributed by atoms with E-state index in [9.17, 15) is 10.2 Å². The highest BCUT2D eigenvalue weighted by molar-refractivity contribution is 7.18. The van der Waals surface area contributed by atoms with Gasteiger partial charge in [-0.15, -0.1) is 5.10 Å². The van der Waals surface area contributed by atoms with Crippen molar-refractivity contribution in [2.45, 2.75) is 49.4 Å². The first-order chi connectivity index (χ1) is 24.3. The zero-order chi connectivity index (χ0) is 33.9. The van der Waals surface area contributed by atoms with E-state index in [-0.39, 0.29) is 17.9 Å². The molecule has 2 fully saturated rings. The van der Waals surface area contributed by atoms with E-state index >= 15 is 0 Å². The average molecular weight is 693 g/mol. The van der Waals surface area contributed by atoms with E-state index in [2.05, 4.69) is 34.2 Å². The molecule has 5 aliphatic rings. The normalized spacial score (nSPS) is 31.1. The molecular formula is C38H36N4O7S. The first kappa shape index (κ1) is 30.4. The number of aliphatic hydroxyl groups is 2. The molecular weight excluding hydrogens is 657 g/mol. The fourth-order valence-electron chi connectivity index (χ4n) is 9.45. The smallest absolute Gasteiger partial charge is 0.294 e. The van der Waals surface area contributed by atoms with Gasteiger partial charge in [-0.05, 0) is 78.7 Å². The van der Waals surface area contributed by atoms with E-state index in [4.69, 9.17) is 23.4 Å². The minimum atomic E-state index is -1.12. The molecule has 256 valence electrons. The van der Waals surface area contributed by atoms with Gasteiger partial charge in [-0.25, -0.2) is 9.50 Å². The predicted molar refractivity (Wildman–Crippen MR) is 185 cm³/mol. The Balaban J connectivity index is 1.00. The van der Waals surface area contributed by atoms with Crippen molar-refractivity contribution in [3.05, 3.63) is 95.2 Å². The van der Waals surface area contributed by atoms with Gasteiger partial charge >= 0.3 is 0 Å². The fraction of sp³-hybridized carbons (Fsp3) is 0.368. The molecule has 50 heavy (non-hydrogen) atoms.